The van der Waals surface area contributed by atoms with E-state index in [0.29, 0.717) is 11.6 Å². The summed E-state index contributed by atoms with van der Waals surface area (Å²) >= 11 is 1.13. The first-order chi connectivity index (χ1) is 11.2. The zero-order chi connectivity index (χ0) is 16.5. The summed E-state index contributed by atoms with van der Waals surface area (Å²) in [5.41, 5.74) is 1.79. The van der Waals surface area contributed by atoms with E-state index < -0.39 is 0 Å². The number of carbonyl (C=O) groups is 1. The summed E-state index contributed by atoms with van der Waals surface area (Å²) in [6.45, 7) is 2.16. The molecule has 1 aromatic carbocycles. The van der Waals surface area contributed by atoms with Crippen LogP contribution in [-0.2, 0) is 4.79 Å². The summed E-state index contributed by atoms with van der Waals surface area (Å²) in [7, 11) is 1.64. The fourth-order valence-electron chi connectivity index (χ4n) is 2.16. The highest BCUT2D eigenvalue weighted by Gasteiger charge is 2.09. The Labute approximate surface area is 141 Å². The van der Waals surface area contributed by atoms with Crippen LogP contribution >= 0.6 is 11.8 Å². The van der Waals surface area contributed by atoms with Crippen molar-refractivity contribution < 1.29 is 9.53 Å². The Morgan fingerprint density at radius 2 is 1.91 bits per heavy atom. The smallest absolute Gasteiger partial charge is 0.196 e. The lowest BCUT2D eigenvalue weighted by Crippen LogP contribution is -1.96. The predicted octanol–water partition coefficient (Wildman–Crippen LogP) is 4.74. The van der Waals surface area contributed by atoms with Gasteiger partial charge in [-0.3, -0.25) is 4.79 Å². The van der Waals surface area contributed by atoms with Crippen molar-refractivity contribution in [3.8, 4) is 17.0 Å². The summed E-state index contributed by atoms with van der Waals surface area (Å²) in [4.78, 5) is 20.6. The van der Waals surface area contributed by atoms with Crippen molar-refractivity contribution in [1.29, 1.82) is 0 Å². The first kappa shape index (κ1) is 17.5. The predicted molar refractivity (Wildman–Crippen MR) is 93.6 cm³/mol. The highest BCUT2D eigenvalue weighted by molar-refractivity contribution is 8.13. The standard InChI is InChI=1S/C18H22N2O2S/c1-3-4-5-6-7-17(21)23-18-19-13-12-16(20-18)14-8-10-15(22-2)11-9-14/h8-13H,3-7H2,1-2H3. The van der Waals surface area contributed by atoms with E-state index in [2.05, 4.69) is 16.9 Å². The lowest BCUT2D eigenvalue weighted by molar-refractivity contribution is -0.111. The topological polar surface area (TPSA) is 52.1 Å². The second kappa shape index (κ2) is 9.30. The molecule has 1 heterocycles. The van der Waals surface area contributed by atoms with E-state index in [4.69, 9.17) is 4.74 Å². The van der Waals surface area contributed by atoms with Gasteiger partial charge in [0, 0.05) is 18.2 Å². The minimum atomic E-state index is 0.132. The van der Waals surface area contributed by atoms with Crippen LogP contribution in [0.25, 0.3) is 11.3 Å². The number of hydrogen-bond donors (Lipinski definition) is 0. The van der Waals surface area contributed by atoms with Gasteiger partial charge in [0.2, 0.25) is 0 Å². The van der Waals surface area contributed by atoms with Crippen LogP contribution in [0.3, 0.4) is 0 Å². The molecule has 0 radical (unpaired) electrons. The van der Waals surface area contributed by atoms with Gasteiger partial charge >= 0.3 is 0 Å². The Morgan fingerprint density at radius 3 is 2.61 bits per heavy atom. The van der Waals surface area contributed by atoms with E-state index in [0.717, 1.165) is 41.6 Å². The van der Waals surface area contributed by atoms with Gasteiger partial charge in [-0.15, -0.1) is 0 Å². The fraction of sp³-hybridized carbons (Fsp3) is 0.389. The quantitative estimate of drug-likeness (QED) is 0.397. The lowest BCUT2D eigenvalue weighted by atomic mass is 10.1. The van der Waals surface area contributed by atoms with E-state index in [1.165, 1.54) is 12.8 Å². The van der Waals surface area contributed by atoms with E-state index >= 15 is 0 Å². The molecule has 0 amide bonds. The number of benzene rings is 1. The normalized spacial score (nSPS) is 10.5. The van der Waals surface area contributed by atoms with Gasteiger partial charge in [-0.25, -0.2) is 9.97 Å². The second-order valence-corrected chi connectivity index (χ2v) is 6.26. The number of methoxy groups -OCH3 is 1. The molecular weight excluding hydrogens is 308 g/mol. The molecule has 122 valence electrons. The van der Waals surface area contributed by atoms with E-state index in [1.807, 2.05) is 30.3 Å². The summed E-state index contributed by atoms with van der Waals surface area (Å²) in [5.74, 6) is 0.805. The maximum atomic E-state index is 12.0. The number of aromatic nitrogens is 2. The van der Waals surface area contributed by atoms with Gasteiger partial charge in [0.25, 0.3) is 0 Å². The number of unbranched alkanes of at least 4 members (excludes halogenated alkanes) is 3. The molecule has 23 heavy (non-hydrogen) atoms. The maximum Gasteiger partial charge on any atom is 0.196 e. The summed E-state index contributed by atoms with van der Waals surface area (Å²) in [6.07, 6.45) is 6.68. The van der Waals surface area contributed by atoms with Crippen LogP contribution in [0.5, 0.6) is 5.75 Å². The zero-order valence-electron chi connectivity index (χ0n) is 13.6. The van der Waals surface area contributed by atoms with E-state index in [9.17, 15) is 4.79 Å². The molecule has 0 saturated heterocycles. The lowest BCUT2D eigenvalue weighted by Gasteiger charge is -2.05. The molecule has 1 aromatic heterocycles. The first-order valence-electron chi connectivity index (χ1n) is 7.91. The van der Waals surface area contributed by atoms with Crippen molar-refractivity contribution in [3.05, 3.63) is 36.5 Å². The first-order valence-corrected chi connectivity index (χ1v) is 8.72. The van der Waals surface area contributed by atoms with Crippen molar-refractivity contribution >= 4 is 16.9 Å². The molecule has 0 atom stereocenters. The average Bonchev–Trinajstić information content (AvgIpc) is 2.59. The van der Waals surface area contributed by atoms with Gasteiger partial charge in [0.1, 0.15) is 5.75 Å². The Kier molecular flexibility index (Phi) is 7.07. The summed E-state index contributed by atoms with van der Waals surface area (Å²) in [5, 5.41) is 0.645. The number of ether oxygens (including phenoxy) is 1. The highest BCUT2D eigenvalue weighted by atomic mass is 32.2. The van der Waals surface area contributed by atoms with Crippen LogP contribution in [0.1, 0.15) is 39.0 Å². The molecule has 0 unspecified atom stereocenters. The van der Waals surface area contributed by atoms with Crippen molar-refractivity contribution in [2.45, 2.75) is 44.2 Å². The van der Waals surface area contributed by atoms with Gasteiger partial charge in [0.15, 0.2) is 10.3 Å². The number of rotatable bonds is 8. The van der Waals surface area contributed by atoms with Gasteiger partial charge in [-0.1, -0.05) is 26.2 Å². The molecule has 2 aromatic rings. The van der Waals surface area contributed by atoms with Crippen molar-refractivity contribution in [2.75, 3.05) is 7.11 Å². The molecule has 0 saturated carbocycles. The molecule has 0 bridgehead atoms. The number of hydrogen-bond acceptors (Lipinski definition) is 5. The van der Waals surface area contributed by atoms with Crippen LogP contribution in [0.4, 0.5) is 0 Å². The third kappa shape index (κ3) is 5.67. The Morgan fingerprint density at radius 1 is 1.13 bits per heavy atom. The molecule has 2 rings (SSSR count). The van der Waals surface area contributed by atoms with Gasteiger partial charge in [0.05, 0.1) is 12.8 Å². The monoisotopic (exact) mass is 330 g/mol. The SMILES string of the molecule is CCCCCCC(=O)Sc1nccc(-c2ccc(OC)cc2)n1. The summed E-state index contributed by atoms with van der Waals surface area (Å²) in [6, 6.07) is 9.52. The van der Waals surface area contributed by atoms with Crippen molar-refractivity contribution in [2.24, 2.45) is 0 Å². The molecule has 0 aliphatic rings. The molecule has 0 aliphatic carbocycles. The average molecular weight is 330 g/mol. The third-order valence-corrected chi connectivity index (χ3v) is 4.27. The Balaban J connectivity index is 1.97. The zero-order valence-corrected chi connectivity index (χ0v) is 14.4. The maximum absolute atomic E-state index is 12.0. The van der Waals surface area contributed by atoms with Crippen molar-refractivity contribution in [1.82, 2.24) is 9.97 Å². The highest BCUT2D eigenvalue weighted by Crippen LogP contribution is 2.23. The second-order valence-electron chi connectivity index (χ2n) is 5.24. The molecule has 0 N–H and O–H groups in total. The minimum Gasteiger partial charge on any atom is -0.497 e. The number of carbonyl (C=O) groups excluding carboxylic acids is 1. The number of nitrogens with zero attached hydrogens (tertiary/aromatic N) is 2. The third-order valence-electron chi connectivity index (χ3n) is 3.46. The fourth-order valence-corrected chi connectivity index (χ4v) is 2.87. The van der Waals surface area contributed by atoms with Crippen LogP contribution in [0.15, 0.2) is 41.7 Å². The van der Waals surface area contributed by atoms with Crippen molar-refractivity contribution in [3.63, 3.8) is 0 Å². The minimum absolute atomic E-state index is 0.132. The molecule has 0 fully saturated rings. The van der Waals surface area contributed by atoms with Crippen LogP contribution in [0.2, 0.25) is 0 Å². The van der Waals surface area contributed by atoms with Gasteiger partial charge in [-0.05, 0) is 48.5 Å². The molecule has 0 spiro atoms. The van der Waals surface area contributed by atoms with E-state index in [1.54, 1.807) is 13.3 Å². The molecule has 4 nitrogen and oxygen atoms in total. The van der Waals surface area contributed by atoms with Crippen LogP contribution in [-0.4, -0.2) is 22.2 Å². The van der Waals surface area contributed by atoms with Gasteiger partial charge < -0.3 is 4.74 Å². The van der Waals surface area contributed by atoms with Gasteiger partial charge in [-0.2, -0.15) is 0 Å². The van der Waals surface area contributed by atoms with Crippen LogP contribution < -0.4 is 4.74 Å². The Hall–Kier alpha value is -1.88. The molecule has 5 heteroatoms. The van der Waals surface area contributed by atoms with E-state index in [-0.39, 0.29) is 5.12 Å². The molecule has 0 aliphatic heterocycles. The Bertz CT molecular complexity index is 629. The largest absolute Gasteiger partial charge is 0.497 e. The van der Waals surface area contributed by atoms with Crippen LogP contribution in [0, 0.1) is 0 Å². The number of thioether (sulfide) groups is 1. The summed E-state index contributed by atoms with van der Waals surface area (Å²) < 4.78 is 5.15. The molecular formula is C18H22N2O2S.